The summed E-state index contributed by atoms with van der Waals surface area (Å²) in [6, 6.07) is 11.5. The molecule has 2 heterocycles. The van der Waals surface area contributed by atoms with Gasteiger partial charge in [-0.1, -0.05) is 23.4 Å². The summed E-state index contributed by atoms with van der Waals surface area (Å²) in [5, 5.41) is 11.1. The highest BCUT2D eigenvalue weighted by atomic mass is 19.4. The van der Waals surface area contributed by atoms with Crippen molar-refractivity contribution < 1.29 is 13.2 Å². The van der Waals surface area contributed by atoms with Gasteiger partial charge in [0.1, 0.15) is 11.5 Å². The van der Waals surface area contributed by atoms with Crippen LogP contribution in [0.4, 0.5) is 19.0 Å². The van der Waals surface area contributed by atoms with E-state index in [1.165, 1.54) is 6.07 Å². The number of anilines is 1. The molecule has 2 aromatic heterocycles. The van der Waals surface area contributed by atoms with Crippen LogP contribution >= 0.6 is 0 Å². The van der Waals surface area contributed by atoms with Gasteiger partial charge in [0.25, 0.3) is 0 Å². The molecule has 3 rings (SSSR count). The van der Waals surface area contributed by atoms with E-state index in [1.54, 1.807) is 10.9 Å². The molecule has 0 amide bonds. The van der Waals surface area contributed by atoms with Gasteiger partial charge in [-0.2, -0.15) is 13.2 Å². The molecular formula is C16H14F3N5. The van der Waals surface area contributed by atoms with E-state index in [-0.39, 0.29) is 6.04 Å². The van der Waals surface area contributed by atoms with E-state index in [9.17, 15) is 13.2 Å². The largest absolute Gasteiger partial charge is 0.417 e. The first-order chi connectivity index (χ1) is 11.4. The van der Waals surface area contributed by atoms with E-state index in [1.807, 2.05) is 37.3 Å². The summed E-state index contributed by atoms with van der Waals surface area (Å²) in [5.74, 6) is 0.338. The van der Waals surface area contributed by atoms with Gasteiger partial charge in [0.15, 0.2) is 0 Å². The highest BCUT2D eigenvalue weighted by Gasteiger charge is 2.30. The molecule has 1 N–H and O–H groups in total. The molecule has 1 unspecified atom stereocenters. The molecule has 3 aromatic rings. The standard InChI is InChI=1S/C16H14F3N5/c1-11(21-15-8-7-12(9-20-15)16(17,18)19)14-10-24(23-22-14)13-5-3-2-4-6-13/h2-11H,1H3,(H,20,21). The van der Waals surface area contributed by atoms with Crippen LogP contribution in [0, 0.1) is 0 Å². The van der Waals surface area contributed by atoms with Gasteiger partial charge in [-0.3, -0.25) is 0 Å². The lowest BCUT2D eigenvalue weighted by molar-refractivity contribution is -0.137. The molecular weight excluding hydrogens is 319 g/mol. The maximum absolute atomic E-state index is 12.5. The number of para-hydroxylation sites is 1. The summed E-state index contributed by atoms with van der Waals surface area (Å²) in [6.07, 6.45) is -1.83. The predicted molar refractivity (Wildman–Crippen MR) is 82.6 cm³/mol. The van der Waals surface area contributed by atoms with E-state index >= 15 is 0 Å². The lowest BCUT2D eigenvalue weighted by atomic mass is 10.2. The fraction of sp³-hybridized carbons (Fsp3) is 0.188. The zero-order valence-corrected chi connectivity index (χ0v) is 12.7. The molecule has 5 nitrogen and oxygen atoms in total. The fourth-order valence-corrected chi connectivity index (χ4v) is 2.12. The molecule has 1 atom stereocenters. The minimum absolute atomic E-state index is 0.258. The van der Waals surface area contributed by atoms with Gasteiger partial charge < -0.3 is 5.32 Å². The Hall–Kier alpha value is -2.90. The predicted octanol–water partition coefficient (Wildman–Crippen LogP) is 3.85. The minimum Gasteiger partial charge on any atom is -0.362 e. The van der Waals surface area contributed by atoms with E-state index < -0.39 is 11.7 Å². The van der Waals surface area contributed by atoms with E-state index in [4.69, 9.17) is 0 Å². The quantitative estimate of drug-likeness (QED) is 0.788. The summed E-state index contributed by atoms with van der Waals surface area (Å²) in [4.78, 5) is 3.79. The third-order valence-corrected chi connectivity index (χ3v) is 3.43. The number of nitrogens with zero attached hydrogens (tertiary/aromatic N) is 4. The number of benzene rings is 1. The van der Waals surface area contributed by atoms with Crippen molar-refractivity contribution in [3.8, 4) is 5.69 Å². The van der Waals surface area contributed by atoms with Crippen molar-refractivity contribution in [1.29, 1.82) is 0 Å². The molecule has 0 radical (unpaired) electrons. The SMILES string of the molecule is CC(Nc1ccc(C(F)(F)F)cn1)c1cn(-c2ccccc2)nn1. The molecule has 124 valence electrons. The van der Waals surface area contributed by atoms with Crippen LogP contribution in [0.25, 0.3) is 5.69 Å². The molecule has 0 fully saturated rings. The number of pyridine rings is 1. The Labute approximate surface area is 136 Å². The molecule has 0 aliphatic rings. The first-order valence-electron chi connectivity index (χ1n) is 7.21. The first-order valence-corrected chi connectivity index (χ1v) is 7.21. The Balaban J connectivity index is 1.71. The highest BCUT2D eigenvalue weighted by Crippen LogP contribution is 2.29. The third-order valence-electron chi connectivity index (χ3n) is 3.43. The average molecular weight is 333 g/mol. The second-order valence-electron chi connectivity index (χ2n) is 5.22. The number of hydrogen-bond donors (Lipinski definition) is 1. The van der Waals surface area contributed by atoms with E-state index in [2.05, 4.69) is 20.6 Å². The van der Waals surface area contributed by atoms with E-state index in [0.29, 0.717) is 11.5 Å². The monoisotopic (exact) mass is 333 g/mol. The van der Waals surface area contributed by atoms with Crippen LogP contribution in [0.2, 0.25) is 0 Å². The van der Waals surface area contributed by atoms with Crippen molar-refractivity contribution in [1.82, 2.24) is 20.0 Å². The highest BCUT2D eigenvalue weighted by molar-refractivity contribution is 5.38. The van der Waals surface area contributed by atoms with Gasteiger partial charge in [-0.05, 0) is 31.2 Å². The molecule has 0 saturated carbocycles. The number of rotatable bonds is 4. The van der Waals surface area contributed by atoms with Crippen molar-refractivity contribution in [3.63, 3.8) is 0 Å². The second-order valence-corrected chi connectivity index (χ2v) is 5.22. The van der Waals surface area contributed by atoms with Crippen LogP contribution in [-0.2, 0) is 6.18 Å². The fourth-order valence-electron chi connectivity index (χ4n) is 2.12. The number of hydrogen-bond acceptors (Lipinski definition) is 4. The number of aromatic nitrogens is 4. The normalized spacial score (nSPS) is 12.8. The van der Waals surface area contributed by atoms with Crippen molar-refractivity contribution in [3.05, 3.63) is 66.1 Å². The van der Waals surface area contributed by atoms with Crippen LogP contribution in [-0.4, -0.2) is 20.0 Å². The van der Waals surface area contributed by atoms with Crippen molar-refractivity contribution in [2.75, 3.05) is 5.32 Å². The van der Waals surface area contributed by atoms with Gasteiger partial charge in [0, 0.05) is 6.20 Å². The Kier molecular flexibility index (Phi) is 4.20. The summed E-state index contributed by atoms with van der Waals surface area (Å²) in [5.41, 5.74) is 0.743. The minimum atomic E-state index is -4.39. The van der Waals surface area contributed by atoms with Crippen LogP contribution in [0.5, 0.6) is 0 Å². The summed E-state index contributed by atoms with van der Waals surface area (Å²) < 4.78 is 39.2. The maximum Gasteiger partial charge on any atom is 0.417 e. The zero-order chi connectivity index (χ0) is 17.2. The maximum atomic E-state index is 12.5. The molecule has 0 spiro atoms. The molecule has 0 saturated heterocycles. The molecule has 0 bridgehead atoms. The van der Waals surface area contributed by atoms with Crippen molar-refractivity contribution >= 4 is 5.82 Å². The van der Waals surface area contributed by atoms with Crippen LogP contribution in [0.15, 0.2) is 54.9 Å². The molecule has 8 heteroatoms. The van der Waals surface area contributed by atoms with Gasteiger partial charge in [0.05, 0.1) is 23.5 Å². The van der Waals surface area contributed by atoms with Gasteiger partial charge >= 0.3 is 6.18 Å². The summed E-state index contributed by atoms with van der Waals surface area (Å²) in [7, 11) is 0. The lowest BCUT2D eigenvalue weighted by Crippen LogP contribution is -2.10. The van der Waals surface area contributed by atoms with E-state index in [0.717, 1.165) is 18.0 Å². The van der Waals surface area contributed by atoms with Crippen LogP contribution in [0.1, 0.15) is 24.2 Å². The van der Waals surface area contributed by atoms with Crippen molar-refractivity contribution in [2.24, 2.45) is 0 Å². The Morgan fingerprint density at radius 1 is 1.08 bits per heavy atom. The third kappa shape index (κ3) is 3.53. The van der Waals surface area contributed by atoms with Crippen LogP contribution in [0.3, 0.4) is 0 Å². The Bertz CT molecular complexity index is 797. The Morgan fingerprint density at radius 2 is 1.83 bits per heavy atom. The number of alkyl halides is 3. The molecule has 1 aromatic carbocycles. The van der Waals surface area contributed by atoms with Gasteiger partial charge in [-0.15, -0.1) is 5.10 Å². The summed E-state index contributed by atoms with van der Waals surface area (Å²) in [6.45, 7) is 1.83. The van der Waals surface area contributed by atoms with Crippen LogP contribution < -0.4 is 5.32 Å². The molecule has 0 aliphatic carbocycles. The number of halogens is 3. The molecule has 0 aliphatic heterocycles. The topological polar surface area (TPSA) is 55.6 Å². The molecule has 24 heavy (non-hydrogen) atoms. The smallest absolute Gasteiger partial charge is 0.362 e. The second kappa shape index (κ2) is 6.31. The summed E-state index contributed by atoms with van der Waals surface area (Å²) >= 11 is 0. The van der Waals surface area contributed by atoms with Gasteiger partial charge in [0.2, 0.25) is 0 Å². The first kappa shape index (κ1) is 16.0. The average Bonchev–Trinajstić information content (AvgIpc) is 3.05. The van der Waals surface area contributed by atoms with Crippen molar-refractivity contribution in [2.45, 2.75) is 19.1 Å². The Morgan fingerprint density at radius 3 is 2.46 bits per heavy atom. The van der Waals surface area contributed by atoms with Gasteiger partial charge in [-0.25, -0.2) is 9.67 Å². The lowest BCUT2D eigenvalue weighted by Gasteiger charge is -2.12. The zero-order valence-electron chi connectivity index (χ0n) is 12.7. The number of nitrogens with one attached hydrogen (secondary N) is 1.